The van der Waals surface area contributed by atoms with Gasteiger partial charge in [0.1, 0.15) is 159 Å². The molecule has 0 unspecified atom stereocenters. The molecule has 36 nitrogen and oxygen atoms in total. The molecule has 7 heterocycles. The fraction of sp³-hybridized carbons (Fsp3) is 0.957. The molecular formula is C46H78N2O34. The number of ether oxygens (including phenoxy) is 13. The van der Waals surface area contributed by atoms with E-state index < -0.39 is 260 Å². The second-order valence-corrected chi connectivity index (χ2v) is 21.0. The number of hydrogen-bond acceptors (Lipinski definition) is 34. The highest BCUT2D eigenvalue weighted by molar-refractivity contribution is 5.73. The first kappa shape index (κ1) is 67.2. The molecule has 0 bridgehead atoms. The molecule has 2 amide bonds. The van der Waals surface area contributed by atoms with E-state index in [1.807, 2.05) is 0 Å². The minimum atomic E-state index is -2.31. The summed E-state index contributed by atoms with van der Waals surface area (Å²) in [6.45, 7) is -0.183. The molecule has 35 atom stereocenters. The van der Waals surface area contributed by atoms with Crippen LogP contribution >= 0.6 is 0 Å². The van der Waals surface area contributed by atoms with Gasteiger partial charge in [-0.3, -0.25) is 9.59 Å². The molecule has 0 aliphatic carbocycles. The van der Waals surface area contributed by atoms with Gasteiger partial charge in [0.2, 0.25) is 11.8 Å². The second kappa shape index (κ2) is 28.7. The highest BCUT2D eigenvalue weighted by atomic mass is 16.8. The van der Waals surface area contributed by atoms with Crippen molar-refractivity contribution in [1.29, 1.82) is 0 Å². The van der Waals surface area contributed by atoms with E-state index >= 15 is 0 Å². The Morgan fingerprint density at radius 2 is 0.659 bits per heavy atom. The van der Waals surface area contributed by atoms with Crippen molar-refractivity contribution < 1.29 is 168 Å². The number of carbonyl (C=O) groups excluding carboxylic acids is 2. The van der Waals surface area contributed by atoms with Crippen LogP contribution in [0, 0.1) is 0 Å². The third kappa shape index (κ3) is 14.3. The minimum Gasteiger partial charge on any atom is -0.394 e. The summed E-state index contributed by atoms with van der Waals surface area (Å²) in [6, 6.07) is -3.51. The molecule has 7 fully saturated rings. The molecule has 7 rings (SSSR count). The van der Waals surface area contributed by atoms with Crippen molar-refractivity contribution in [3.05, 3.63) is 0 Å². The molecular weight excluding hydrogens is 1120 g/mol. The van der Waals surface area contributed by atoms with Gasteiger partial charge in [0.05, 0.1) is 45.2 Å². The molecule has 0 saturated carbocycles. The van der Waals surface area contributed by atoms with Crippen molar-refractivity contribution in [3.63, 3.8) is 0 Å². The molecule has 21 N–H and O–H groups in total. The van der Waals surface area contributed by atoms with Gasteiger partial charge in [-0.15, -0.1) is 0 Å². The SMILES string of the molecule is CC(=O)N[C@H]1[C@H](OC[C@H]2O[C@H](O)[C@@H](O[C@@H]3O[C@H](CO)[C@@H](O[C@@H]4O[C@H](CO)[C@H](O)[C@H](O)[C@H]4O)[C@H](O[C@@H]4O[C@@H](C)[C@@H](O)[C@@H](O)[C@@H]4O)[C@H]3NC(C)=O)[C@@H](O)[C@@H]2O)O[C@H](CO)[C@@H](O[C@@H]2O[C@H](CO)[C@H](O)[C@H](O)[C@H]2O)[C@@H]1O[C@@H]1O[C@@H](C)[C@@H](O)[C@@H](O)[C@@H]1O. The maximum absolute atomic E-state index is 13.0. The lowest BCUT2D eigenvalue weighted by Gasteiger charge is -2.51. The first-order valence-electron chi connectivity index (χ1n) is 26.3. The van der Waals surface area contributed by atoms with Crippen LogP contribution in [-0.2, 0) is 71.2 Å². The van der Waals surface area contributed by atoms with Crippen molar-refractivity contribution in [2.24, 2.45) is 0 Å². The van der Waals surface area contributed by atoms with Gasteiger partial charge in [-0.1, -0.05) is 0 Å². The van der Waals surface area contributed by atoms with E-state index in [1.165, 1.54) is 13.8 Å². The largest absolute Gasteiger partial charge is 0.394 e. The first-order valence-corrected chi connectivity index (χ1v) is 26.3. The molecule has 7 aliphatic heterocycles. The Labute approximate surface area is 465 Å². The highest BCUT2D eigenvalue weighted by Crippen LogP contribution is 2.38. The molecule has 0 radical (unpaired) electrons. The summed E-state index contributed by atoms with van der Waals surface area (Å²) < 4.78 is 76.2. The molecule has 7 aliphatic rings. The lowest BCUT2D eigenvalue weighted by Crippen LogP contribution is -2.71. The number of aliphatic hydroxyl groups is 19. The lowest BCUT2D eigenvalue weighted by molar-refractivity contribution is -0.389. The molecule has 0 aromatic heterocycles. The van der Waals surface area contributed by atoms with E-state index in [4.69, 9.17) is 61.6 Å². The number of rotatable bonds is 19. The van der Waals surface area contributed by atoms with Gasteiger partial charge in [-0.25, -0.2) is 0 Å². The van der Waals surface area contributed by atoms with Gasteiger partial charge < -0.3 is 169 Å². The summed E-state index contributed by atoms with van der Waals surface area (Å²) in [5.41, 5.74) is 0. The minimum absolute atomic E-state index is 0.836. The van der Waals surface area contributed by atoms with Crippen LogP contribution in [0.2, 0.25) is 0 Å². The second-order valence-electron chi connectivity index (χ2n) is 21.0. The zero-order valence-corrected chi connectivity index (χ0v) is 44.4. The van der Waals surface area contributed by atoms with E-state index in [0.29, 0.717) is 0 Å². The fourth-order valence-corrected chi connectivity index (χ4v) is 10.6. The Balaban J connectivity index is 1.13. The van der Waals surface area contributed by atoms with Crippen molar-refractivity contribution in [3.8, 4) is 0 Å². The van der Waals surface area contributed by atoms with Gasteiger partial charge in [0.15, 0.2) is 44.0 Å². The summed E-state index contributed by atoms with van der Waals surface area (Å²) in [6.07, 6.45) is -61.5. The predicted octanol–water partition coefficient (Wildman–Crippen LogP) is -13.9. The maximum atomic E-state index is 13.0. The summed E-state index contributed by atoms with van der Waals surface area (Å²) in [4.78, 5) is 25.9. The number of carbonyl (C=O) groups is 2. The Kier molecular flexibility index (Phi) is 23.5. The molecule has 0 spiro atoms. The quantitative estimate of drug-likeness (QED) is 0.0571. The summed E-state index contributed by atoms with van der Waals surface area (Å²) in [5.74, 6) is -1.71. The van der Waals surface area contributed by atoms with Gasteiger partial charge in [-0.2, -0.15) is 0 Å². The molecule has 0 aromatic rings. The average molecular weight is 1200 g/mol. The number of amides is 2. The first-order chi connectivity index (χ1) is 38.7. The molecule has 476 valence electrons. The topological polar surface area (TPSA) is 563 Å². The van der Waals surface area contributed by atoms with Gasteiger partial charge in [0, 0.05) is 13.8 Å². The Hall–Kier alpha value is -2.34. The van der Waals surface area contributed by atoms with Crippen molar-refractivity contribution in [2.75, 3.05) is 33.0 Å². The van der Waals surface area contributed by atoms with E-state index in [1.54, 1.807) is 0 Å². The third-order valence-electron chi connectivity index (χ3n) is 15.2. The summed E-state index contributed by atoms with van der Waals surface area (Å²) in [5, 5.41) is 209. The molecule has 36 heteroatoms. The zero-order chi connectivity index (χ0) is 60.5. The van der Waals surface area contributed by atoms with Crippen LogP contribution in [0.15, 0.2) is 0 Å². The van der Waals surface area contributed by atoms with Crippen molar-refractivity contribution in [2.45, 2.75) is 243 Å². The monoisotopic (exact) mass is 1200 g/mol. The predicted molar refractivity (Wildman–Crippen MR) is 252 cm³/mol. The Morgan fingerprint density at radius 1 is 0.341 bits per heavy atom. The maximum Gasteiger partial charge on any atom is 0.217 e. The summed E-state index contributed by atoms with van der Waals surface area (Å²) >= 11 is 0. The number of aliphatic hydroxyl groups excluding tert-OH is 19. The van der Waals surface area contributed by atoms with Crippen LogP contribution in [0.5, 0.6) is 0 Å². The van der Waals surface area contributed by atoms with Crippen LogP contribution in [-0.4, -0.2) is 357 Å². The smallest absolute Gasteiger partial charge is 0.217 e. The van der Waals surface area contributed by atoms with Crippen molar-refractivity contribution >= 4 is 11.8 Å². The summed E-state index contributed by atoms with van der Waals surface area (Å²) in [7, 11) is 0. The van der Waals surface area contributed by atoms with Crippen LogP contribution < -0.4 is 10.6 Å². The highest BCUT2D eigenvalue weighted by Gasteiger charge is 2.59. The van der Waals surface area contributed by atoms with Crippen molar-refractivity contribution in [1.82, 2.24) is 10.6 Å². The standard InChI is InChI=1S/C46H78N2O34/c1-10-21(55)26(60)31(65)43(71-10)80-37-19(47-12(3)53)41(76-16(7-51)35(37)78-45-33(67)28(62)23(57)14(5-49)74-45)70-9-18-25(59)30(64)39(40(69)73-18)82-42-20(48-13(4)54)38(81-44-32(66)27(61)22(56)11(2)72-44)36(17(8-52)77-42)79-46-34(68)29(63)24(58)15(6-50)75-46/h10-11,14-46,49-52,55-69H,5-9H2,1-4H3,(H,47,53)(H,48,54)/t10-,11-,14+,15+,16+,17+,18+,19+,20+,21+,22+,23-,24-,25+,26+,27+,28-,29-,30-,31-,32-,33+,34+,35+,36+,37+,38+,39-,40-,41+,42-,43-,44-,45-,46-/m0/s1. The normalized spacial score (nSPS) is 51.3. The van der Waals surface area contributed by atoms with Crippen LogP contribution in [0.4, 0.5) is 0 Å². The average Bonchev–Trinajstić information content (AvgIpc) is 2.59. The Bertz CT molecular complexity index is 2020. The fourth-order valence-electron chi connectivity index (χ4n) is 10.6. The Morgan fingerprint density at radius 3 is 1.05 bits per heavy atom. The third-order valence-corrected chi connectivity index (χ3v) is 15.2. The van der Waals surface area contributed by atoms with E-state index in [2.05, 4.69) is 10.6 Å². The number of hydrogen-bond donors (Lipinski definition) is 21. The van der Waals surface area contributed by atoms with Crippen LogP contribution in [0.3, 0.4) is 0 Å². The lowest BCUT2D eigenvalue weighted by atomic mass is 9.93. The van der Waals surface area contributed by atoms with Crippen LogP contribution in [0.25, 0.3) is 0 Å². The van der Waals surface area contributed by atoms with Gasteiger partial charge in [0.25, 0.3) is 0 Å². The van der Waals surface area contributed by atoms with E-state index in [9.17, 15) is 107 Å². The van der Waals surface area contributed by atoms with E-state index in [0.717, 1.165) is 13.8 Å². The zero-order valence-electron chi connectivity index (χ0n) is 44.4. The molecule has 82 heavy (non-hydrogen) atoms. The molecule has 0 aromatic carbocycles. The van der Waals surface area contributed by atoms with Crippen LogP contribution in [0.1, 0.15) is 27.7 Å². The number of nitrogens with one attached hydrogen (secondary N) is 2. The van der Waals surface area contributed by atoms with Gasteiger partial charge in [-0.05, 0) is 13.8 Å². The van der Waals surface area contributed by atoms with Gasteiger partial charge >= 0.3 is 0 Å². The van der Waals surface area contributed by atoms with E-state index in [-0.39, 0.29) is 0 Å². The molecule has 7 saturated heterocycles.